The molecule has 4 nitrogen and oxygen atoms in total. The van der Waals surface area contributed by atoms with Gasteiger partial charge in [0.05, 0.1) is 0 Å². The fraction of sp³-hybridized carbons (Fsp3) is 0.143. The molecule has 3 aromatic heterocycles. The van der Waals surface area contributed by atoms with Crippen LogP contribution >= 0.6 is 0 Å². The molecule has 3 heterocycles. The summed E-state index contributed by atoms with van der Waals surface area (Å²) < 4.78 is 7.35. The molecule has 3 aromatic rings. The molecule has 0 aromatic carbocycles. The third kappa shape index (κ3) is 1.46. The minimum atomic E-state index is 0.350. The summed E-state index contributed by atoms with van der Waals surface area (Å²) in [5.41, 5.74) is 2.89. The van der Waals surface area contributed by atoms with Crippen LogP contribution in [-0.2, 0) is 7.05 Å². The molecule has 0 amide bonds. The largest absolute Gasteiger partial charge is 0.458 e. The van der Waals surface area contributed by atoms with Gasteiger partial charge in [0.15, 0.2) is 12.0 Å². The summed E-state index contributed by atoms with van der Waals surface area (Å²) in [5, 5.41) is 1.06. The first kappa shape index (κ1) is 10.8. The van der Waals surface area contributed by atoms with Crippen molar-refractivity contribution >= 4 is 17.3 Å². The molecule has 0 saturated carbocycles. The van der Waals surface area contributed by atoms with Crippen LogP contribution in [0.15, 0.2) is 35.0 Å². The van der Waals surface area contributed by atoms with Crippen LogP contribution in [-0.4, -0.2) is 15.8 Å². The number of aryl methyl sites for hydroxylation is 2. The van der Waals surface area contributed by atoms with E-state index < -0.39 is 0 Å². The molecule has 0 bridgehead atoms. The second-order valence-corrected chi connectivity index (χ2v) is 4.26. The lowest BCUT2D eigenvalue weighted by Gasteiger charge is -1.95. The summed E-state index contributed by atoms with van der Waals surface area (Å²) in [6, 6.07) is 5.69. The Hall–Kier alpha value is -2.36. The first-order valence-electron chi connectivity index (χ1n) is 5.66. The third-order valence-electron chi connectivity index (χ3n) is 3.08. The van der Waals surface area contributed by atoms with E-state index in [1.165, 1.54) is 0 Å². The predicted octanol–water partition coefficient (Wildman–Crippen LogP) is 2.95. The van der Waals surface area contributed by atoms with Gasteiger partial charge in [-0.15, -0.1) is 0 Å². The van der Waals surface area contributed by atoms with Gasteiger partial charge in [0, 0.05) is 36.0 Å². The fourth-order valence-corrected chi connectivity index (χ4v) is 2.26. The van der Waals surface area contributed by atoms with Gasteiger partial charge in [-0.3, -0.25) is 4.79 Å². The van der Waals surface area contributed by atoms with Crippen molar-refractivity contribution in [3.05, 3.63) is 42.1 Å². The number of carbonyl (C=O) groups is 1. The van der Waals surface area contributed by atoms with Gasteiger partial charge in [0.1, 0.15) is 11.4 Å². The molecular weight excluding hydrogens is 228 g/mol. The van der Waals surface area contributed by atoms with Crippen LogP contribution in [0.25, 0.3) is 22.2 Å². The lowest BCUT2D eigenvalue weighted by molar-refractivity contribution is 0.109. The second kappa shape index (κ2) is 3.84. The number of aromatic nitrogens is 2. The van der Waals surface area contributed by atoms with Gasteiger partial charge in [-0.2, -0.15) is 0 Å². The Kier molecular flexibility index (Phi) is 2.30. The van der Waals surface area contributed by atoms with Crippen LogP contribution < -0.4 is 0 Å². The second-order valence-electron chi connectivity index (χ2n) is 4.26. The topological polar surface area (TPSA) is 48.0 Å². The quantitative estimate of drug-likeness (QED) is 0.647. The number of hydrogen-bond donors (Lipinski definition) is 0. The van der Waals surface area contributed by atoms with Crippen LogP contribution in [0.5, 0.6) is 0 Å². The number of rotatable bonds is 2. The first-order chi connectivity index (χ1) is 8.70. The summed E-state index contributed by atoms with van der Waals surface area (Å²) in [6.07, 6.45) is 4.50. The number of carbonyl (C=O) groups excluding carboxylic acids is 1. The summed E-state index contributed by atoms with van der Waals surface area (Å²) in [7, 11) is 1.95. The molecule has 0 aliphatic heterocycles. The van der Waals surface area contributed by atoms with Crippen LogP contribution in [0.2, 0.25) is 0 Å². The van der Waals surface area contributed by atoms with E-state index in [2.05, 4.69) is 4.98 Å². The summed E-state index contributed by atoms with van der Waals surface area (Å²) in [4.78, 5) is 15.1. The van der Waals surface area contributed by atoms with Gasteiger partial charge in [0.25, 0.3) is 0 Å². The maximum Gasteiger partial charge on any atom is 0.185 e. The third-order valence-corrected chi connectivity index (χ3v) is 3.08. The van der Waals surface area contributed by atoms with Crippen molar-refractivity contribution in [2.24, 2.45) is 7.05 Å². The molecule has 0 aliphatic carbocycles. The minimum absolute atomic E-state index is 0.350. The molecule has 0 fully saturated rings. The molecule has 3 rings (SSSR count). The minimum Gasteiger partial charge on any atom is -0.458 e. The molecule has 90 valence electrons. The monoisotopic (exact) mass is 240 g/mol. The van der Waals surface area contributed by atoms with E-state index >= 15 is 0 Å². The lowest BCUT2D eigenvalue weighted by Crippen LogP contribution is -1.85. The van der Waals surface area contributed by atoms with Crippen LogP contribution in [0.4, 0.5) is 0 Å². The van der Waals surface area contributed by atoms with Crippen LogP contribution in [0, 0.1) is 6.92 Å². The van der Waals surface area contributed by atoms with Gasteiger partial charge >= 0.3 is 0 Å². The normalized spacial score (nSPS) is 11.0. The number of pyridine rings is 1. The SMILES string of the molecule is Cc1oc(C=O)cc1-c1cn(C)c2ncccc12. The van der Waals surface area contributed by atoms with Gasteiger partial charge in [-0.1, -0.05) is 0 Å². The summed E-state index contributed by atoms with van der Waals surface area (Å²) in [6.45, 7) is 1.86. The molecule has 0 unspecified atom stereocenters. The van der Waals surface area contributed by atoms with E-state index in [4.69, 9.17) is 4.42 Å². The first-order valence-corrected chi connectivity index (χ1v) is 5.66. The molecule has 0 atom stereocenters. The van der Waals surface area contributed by atoms with E-state index in [1.807, 2.05) is 36.9 Å². The number of fused-ring (bicyclic) bond motifs is 1. The number of hydrogen-bond acceptors (Lipinski definition) is 3. The molecule has 0 aliphatic rings. The van der Waals surface area contributed by atoms with Crippen molar-refractivity contribution in [3.8, 4) is 11.1 Å². The molecule has 0 saturated heterocycles. The standard InChI is InChI=1S/C14H12N2O2/c1-9-12(6-10(8-17)18-9)13-7-16(2)14-11(13)4-3-5-15-14/h3-8H,1-2H3. The van der Waals surface area contributed by atoms with Crippen molar-refractivity contribution in [1.29, 1.82) is 0 Å². The Bertz CT molecular complexity index is 737. The predicted molar refractivity (Wildman–Crippen MR) is 68.5 cm³/mol. The lowest BCUT2D eigenvalue weighted by atomic mass is 10.1. The van der Waals surface area contributed by atoms with Gasteiger partial charge in [0.2, 0.25) is 0 Å². The Balaban J connectivity index is 2.31. The Morgan fingerprint density at radius 2 is 2.22 bits per heavy atom. The Morgan fingerprint density at radius 1 is 1.39 bits per heavy atom. The van der Waals surface area contributed by atoms with E-state index in [0.29, 0.717) is 5.76 Å². The van der Waals surface area contributed by atoms with Crippen molar-refractivity contribution < 1.29 is 9.21 Å². The van der Waals surface area contributed by atoms with E-state index in [-0.39, 0.29) is 0 Å². The van der Waals surface area contributed by atoms with Gasteiger partial charge in [-0.05, 0) is 25.1 Å². The zero-order chi connectivity index (χ0) is 12.7. The van der Waals surface area contributed by atoms with Crippen LogP contribution in [0.3, 0.4) is 0 Å². The van der Waals surface area contributed by atoms with Crippen molar-refractivity contribution in [3.63, 3.8) is 0 Å². The van der Waals surface area contributed by atoms with E-state index in [1.54, 1.807) is 12.3 Å². The highest BCUT2D eigenvalue weighted by molar-refractivity contribution is 5.95. The number of aldehydes is 1. The summed E-state index contributed by atoms with van der Waals surface area (Å²) >= 11 is 0. The van der Waals surface area contributed by atoms with Crippen molar-refractivity contribution in [1.82, 2.24) is 9.55 Å². The Labute approximate surface area is 104 Å². The number of nitrogens with zero attached hydrogens (tertiary/aromatic N) is 2. The maximum absolute atomic E-state index is 10.8. The van der Waals surface area contributed by atoms with Crippen molar-refractivity contribution in [2.45, 2.75) is 6.92 Å². The average Bonchev–Trinajstić information content (AvgIpc) is 2.91. The highest BCUT2D eigenvalue weighted by Gasteiger charge is 2.14. The molecule has 0 N–H and O–H groups in total. The van der Waals surface area contributed by atoms with Gasteiger partial charge < -0.3 is 8.98 Å². The highest BCUT2D eigenvalue weighted by Crippen LogP contribution is 2.32. The van der Waals surface area contributed by atoms with E-state index in [0.717, 1.165) is 34.2 Å². The van der Waals surface area contributed by atoms with Gasteiger partial charge in [-0.25, -0.2) is 4.98 Å². The number of furan rings is 1. The average molecular weight is 240 g/mol. The molecule has 4 heteroatoms. The zero-order valence-corrected chi connectivity index (χ0v) is 10.2. The summed E-state index contributed by atoms with van der Waals surface area (Å²) in [5.74, 6) is 1.09. The zero-order valence-electron chi connectivity index (χ0n) is 10.2. The fourth-order valence-electron chi connectivity index (χ4n) is 2.26. The van der Waals surface area contributed by atoms with Crippen LogP contribution in [0.1, 0.15) is 16.3 Å². The van der Waals surface area contributed by atoms with Crippen molar-refractivity contribution in [2.75, 3.05) is 0 Å². The molecule has 18 heavy (non-hydrogen) atoms. The molecule has 0 radical (unpaired) electrons. The maximum atomic E-state index is 10.8. The Morgan fingerprint density at radius 3 is 2.94 bits per heavy atom. The molecular formula is C14H12N2O2. The smallest absolute Gasteiger partial charge is 0.185 e. The highest BCUT2D eigenvalue weighted by atomic mass is 16.3. The van der Waals surface area contributed by atoms with E-state index in [9.17, 15) is 4.79 Å². The molecule has 0 spiro atoms.